The number of rotatable bonds is 5. The van der Waals surface area contributed by atoms with Crippen molar-refractivity contribution in [1.29, 1.82) is 0 Å². The van der Waals surface area contributed by atoms with Crippen LogP contribution < -0.4 is 5.56 Å². The number of allylic oxidation sites excluding steroid dienone is 1. The van der Waals surface area contributed by atoms with Crippen molar-refractivity contribution < 1.29 is 0 Å². The molecule has 3 heterocycles. The molecular weight excluding hydrogens is 302 g/mol. The minimum Gasteiger partial charge on any atom is -0.283 e. The van der Waals surface area contributed by atoms with Gasteiger partial charge in [0, 0.05) is 24.7 Å². The quantitative estimate of drug-likeness (QED) is 0.412. The Labute approximate surface area is 130 Å². The van der Waals surface area contributed by atoms with Crippen molar-refractivity contribution in [3.63, 3.8) is 0 Å². The lowest BCUT2D eigenvalue weighted by Gasteiger charge is -2.09. The first-order valence-corrected chi connectivity index (χ1v) is 8.27. The number of nitrogens with zero attached hydrogens (tertiary/aromatic N) is 3. The highest BCUT2D eigenvalue weighted by molar-refractivity contribution is 7.98. The summed E-state index contributed by atoms with van der Waals surface area (Å²) >= 11 is 3.03. The minimum atomic E-state index is -0.00478. The molecule has 0 saturated heterocycles. The van der Waals surface area contributed by atoms with Gasteiger partial charge in [0.25, 0.3) is 5.56 Å². The Kier molecular flexibility index (Phi) is 4.17. The minimum absolute atomic E-state index is 0.00478. The largest absolute Gasteiger partial charge is 0.283 e. The highest BCUT2D eigenvalue weighted by atomic mass is 32.2. The summed E-state index contributed by atoms with van der Waals surface area (Å²) < 4.78 is 1.67. The molecule has 6 heteroatoms. The molecule has 0 spiro atoms. The van der Waals surface area contributed by atoms with Crippen LogP contribution in [0.2, 0.25) is 0 Å². The predicted octanol–water partition coefficient (Wildman–Crippen LogP) is 3.33. The molecule has 0 amide bonds. The first kappa shape index (κ1) is 14.0. The van der Waals surface area contributed by atoms with E-state index in [9.17, 15) is 4.79 Å². The maximum absolute atomic E-state index is 12.5. The average Bonchev–Trinajstić information content (AvgIpc) is 2.98. The lowest BCUT2D eigenvalue weighted by Crippen LogP contribution is -2.22. The molecule has 21 heavy (non-hydrogen) atoms. The Hall–Kier alpha value is -1.92. The van der Waals surface area contributed by atoms with E-state index >= 15 is 0 Å². The number of pyridine rings is 1. The number of thioether (sulfide) groups is 1. The standard InChI is InChI=1S/C15H13N3OS2/c1-2-7-18-14(19)12-5-8-20-13(12)17-15(18)21-10-11-4-3-6-16-9-11/h2-6,8-9H,1,7,10H2. The summed E-state index contributed by atoms with van der Waals surface area (Å²) in [6.07, 6.45) is 5.29. The smallest absolute Gasteiger partial charge is 0.263 e. The van der Waals surface area contributed by atoms with Gasteiger partial charge in [0.15, 0.2) is 5.16 Å². The molecule has 0 fully saturated rings. The highest BCUT2D eigenvalue weighted by Crippen LogP contribution is 2.23. The fraction of sp³-hybridized carbons (Fsp3) is 0.133. The molecule has 0 aliphatic rings. The zero-order valence-corrected chi connectivity index (χ0v) is 12.9. The Morgan fingerprint density at radius 3 is 3.10 bits per heavy atom. The van der Waals surface area contributed by atoms with Gasteiger partial charge >= 0.3 is 0 Å². The number of hydrogen-bond donors (Lipinski definition) is 0. The molecule has 3 aromatic heterocycles. The normalized spacial score (nSPS) is 10.9. The third-order valence-electron chi connectivity index (χ3n) is 2.95. The van der Waals surface area contributed by atoms with E-state index in [0.29, 0.717) is 11.9 Å². The van der Waals surface area contributed by atoms with Crippen LogP contribution in [0.1, 0.15) is 5.56 Å². The van der Waals surface area contributed by atoms with Crippen LogP contribution in [0.15, 0.2) is 58.6 Å². The molecule has 0 bridgehead atoms. The summed E-state index contributed by atoms with van der Waals surface area (Å²) in [4.78, 5) is 22.0. The predicted molar refractivity (Wildman–Crippen MR) is 87.9 cm³/mol. The summed E-state index contributed by atoms with van der Waals surface area (Å²) in [5.74, 6) is 0.730. The molecule has 3 rings (SSSR count). The molecule has 0 N–H and O–H groups in total. The summed E-state index contributed by atoms with van der Waals surface area (Å²) in [6, 6.07) is 5.74. The third kappa shape index (κ3) is 2.91. The first-order valence-electron chi connectivity index (χ1n) is 6.40. The van der Waals surface area contributed by atoms with E-state index in [-0.39, 0.29) is 5.56 Å². The van der Waals surface area contributed by atoms with Crippen molar-refractivity contribution >= 4 is 33.3 Å². The van der Waals surface area contributed by atoms with Gasteiger partial charge in [-0.2, -0.15) is 0 Å². The highest BCUT2D eigenvalue weighted by Gasteiger charge is 2.11. The van der Waals surface area contributed by atoms with E-state index in [4.69, 9.17) is 0 Å². The van der Waals surface area contributed by atoms with E-state index in [1.165, 1.54) is 11.3 Å². The average molecular weight is 315 g/mol. The Balaban J connectivity index is 1.98. The molecule has 0 aromatic carbocycles. The van der Waals surface area contributed by atoms with Gasteiger partial charge in [-0.05, 0) is 23.1 Å². The van der Waals surface area contributed by atoms with Crippen molar-refractivity contribution in [1.82, 2.24) is 14.5 Å². The number of fused-ring (bicyclic) bond motifs is 1. The van der Waals surface area contributed by atoms with Crippen molar-refractivity contribution in [2.24, 2.45) is 0 Å². The van der Waals surface area contributed by atoms with E-state index in [2.05, 4.69) is 16.5 Å². The zero-order valence-electron chi connectivity index (χ0n) is 11.2. The van der Waals surface area contributed by atoms with Gasteiger partial charge in [-0.1, -0.05) is 23.9 Å². The molecule has 0 atom stereocenters. The number of thiophene rings is 1. The van der Waals surface area contributed by atoms with Gasteiger partial charge in [-0.25, -0.2) is 4.98 Å². The van der Waals surface area contributed by atoms with E-state index < -0.39 is 0 Å². The molecule has 4 nitrogen and oxygen atoms in total. The monoisotopic (exact) mass is 315 g/mol. The van der Waals surface area contributed by atoms with Gasteiger partial charge < -0.3 is 0 Å². The van der Waals surface area contributed by atoms with E-state index in [0.717, 1.165) is 21.3 Å². The van der Waals surface area contributed by atoms with Crippen LogP contribution in [-0.4, -0.2) is 14.5 Å². The molecule has 3 aromatic rings. The molecule has 0 saturated carbocycles. The second kappa shape index (κ2) is 6.24. The summed E-state index contributed by atoms with van der Waals surface area (Å²) in [5, 5.41) is 3.29. The molecule has 0 aliphatic carbocycles. The van der Waals surface area contributed by atoms with Crippen LogP contribution in [0.4, 0.5) is 0 Å². The van der Waals surface area contributed by atoms with Crippen molar-refractivity contribution in [2.75, 3.05) is 0 Å². The van der Waals surface area contributed by atoms with Gasteiger partial charge in [-0.3, -0.25) is 14.3 Å². The molecule has 106 valence electrons. The molecular formula is C15H13N3OS2. The summed E-state index contributed by atoms with van der Waals surface area (Å²) in [7, 11) is 0. The van der Waals surface area contributed by atoms with Crippen molar-refractivity contribution in [3.05, 3.63) is 64.5 Å². The maximum atomic E-state index is 12.5. The fourth-order valence-corrected chi connectivity index (χ4v) is 3.71. The Bertz CT molecular complexity index is 824. The fourth-order valence-electron chi connectivity index (χ4n) is 1.96. The second-order valence-corrected chi connectivity index (χ2v) is 6.23. The second-order valence-electron chi connectivity index (χ2n) is 4.39. The van der Waals surface area contributed by atoms with Crippen LogP contribution in [0.25, 0.3) is 10.2 Å². The first-order chi connectivity index (χ1) is 10.3. The van der Waals surface area contributed by atoms with E-state index in [1.807, 2.05) is 29.8 Å². The number of aromatic nitrogens is 3. The zero-order chi connectivity index (χ0) is 14.7. The van der Waals surface area contributed by atoms with Crippen LogP contribution in [-0.2, 0) is 12.3 Å². The van der Waals surface area contributed by atoms with Crippen LogP contribution in [0.5, 0.6) is 0 Å². The maximum Gasteiger partial charge on any atom is 0.263 e. The van der Waals surface area contributed by atoms with Crippen molar-refractivity contribution in [2.45, 2.75) is 17.5 Å². The lowest BCUT2D eigenvalue weighted by molar-refractivity contribution is 0.673. The molecule has 0 radical (unpaired) electrons. The van der Waals surface area contributed by atoms with Crippen LogP contribution in [0.3, 0.4) is 0 Å². The van der Waals surface area contributed by atoms with E-state index in [1.54, 1.807) is 28.6 Å². The topological polar surface area (TPSA) is 47.8 Å². The van der Waals surface area contributed by atoms with Gasteiger partial charge in [-0.15, -0.1) is 17.9 Å². The van der Waals surface area contributed by atoms with Gasteiger partial charge in [0.2, 0.25) is 0 Å². The molecule has 0 unspecified atom stereocenters. The Morgan fingerprint density at radius 2 is 2.33 bits per heavy atom. The van der Waals surface area contributed by atoms with Crippen molar-refractivity contribution in [3.8, 4) is 0 Å². The SMILES string of the molecule is C=CCn1c(SCc2cccnc2)nc2sccc2c1=O. The third-order valence-corrected chi connectivity index (χ3v) is 4.81. The Morgan fingerprint density at radius 1 is 1.43 bits per heavy atom. The number of hydrogen-bond acceptors (Lipinski definition) is 5. The van der Waals surface area contributed by atoms with Gasteiger partial charge in [0.1, 0.15) is 4.83 Å². The van der Waals surface area contributed by atoms with Gasteiger partial charge in [0.05, 0.1) is 5.39 Å². The summed E-state index contributed by atoms with van der Waals surface area (Å²) in [6.45, 7) is 4.19. The lowest BCUT2D eigenvalue weighted by atomic mass is 10.3. The van der Waals surface area contributed by atoms with Crippen LogP contribution in [0, 0.1) is 0 Å². The van der Waals surface area contributed by atoms with Crippen LogP contribution >= 0.6 is 23.1 Å². The molecule has 0 aliphatic heterocycles. The summed E-state index contributed by atoms with van der Waals surface area (Å²) in [5.41, 5.74) is 1.10.